The topological polar surface area (TPSA) is 75.4 Å². The summed E-state index contributed by atoms with van der Waals surface area (Å²) in [6, 6.07) is 0.272. The highest BCUT2D eigenvalue weighted by atomic mass is 35.5. The van der Waals surface area contributed by atoms with Gasteiger partial charge in [0.15, 0.2) is 0 Å². The molecule has 156 valence electrons. The van der Waals surface area contributed by atoms with Gasteiger partial charge in [0.1, 0.15) is 5.54 Å². The summed E-state index contributed by atoms with van der Waals surface area (Å²) in [5.74, 6) is 1.24. The molecule has 2 bridgehead atoms. The van der Waals surface area contributed by atoms with Crippen LogP contribution in [-0.4, -0.2) is 41.4 Å². The van der Waals surface area contributed by atoms with E-state index in [9.17, 15) is 9.59 Å². The second-order valence-electron chi connectivity index (χ2n) is 8.81. The smallest absolute Gasteiger partial charge is 0.248 e. The van der Waals surface area contributed by atoms with Crippen molar-refractivity contribution in [2.45, 2.75) is 89.6 Å². The molecule has 3 N–H and O–H groups in total. The van der Waals surface area contributed by atoms with Crippen LogP contribution in [0.4, 0.5) is 0 Å². The van der Waals surface area contributed by atoms with Crippen LogP contribution in [0.5, 0.6) is 0 Å². The van der Waals surface area contributed by atoms with Gasteiger partial charge in [-0.15, -0.1) is 12.4 Å². The molecule has 0 spiro atoms. The van der Waals surface area contributed by atoms with Gasteiger partial charge in [0, 0.05) is 25.0 Å². The van der Waals surface area contributed by atoms with Crippen LogP contribution in [0.2, 0.25) is 0 Å². The highest BCUT2D eigenvalue weighted by molar-refractivity contribution is 5.92. The van der Waals surface area contributed by atoms with Crippen LogP contribution in [0.25, 0.3) is 0 Å². The standard InChI is InChI=1S/C21H37N3O2.ClH/c1-3-24(4-2)20(26)21(11-6-5-7-12-21)23-19(25)17-13-15-9-8-10-16(14-17)18(15)22;/h15-18H,3-14,22H2,1-2H3,(H,23,25);1H. The average Bonchev–Trinajstić information content (AvgIpc) is 2.63. The number of nitrogens with one attached hydrogen (secondary N) is 1. The minimum Gasteiger partial charge on any atom is -0.341 e. The van der Waals surface area contributed by atoms with Gasteiger partial charge in [0.25, 0.3) is 0 Å². The molecule has 0 saturated heterocycles. The lowest BCUT2D eigenvalue weighted by Crippen LogP contribution is -2.62. The zero-order chi connectivity index (χ0) is 18.7. The molecule has 3 fully saturated rings. The summed E-state index contributed by atoms with van der Waals surface area (Å²) >= 11 is 0. The van der Waals surface area contributed by atoms with E-state index in [0.29, 0.717) is 24.9 Å². The predicted molar refractivity (Wildman–Crippen MR) is 111 cm³/mol. The lowest BCUT2D eigenvalue weighted by Gasteiger charge is -2.45. The number of carbonyl (C=O) groups excluding carboxylic acids is 2. The second kappa shape index (κ2) is 9.60. The van der Waals surface area contributed by atoms with Crippen molar-refractivity contribution < 1.29 is 9.59 Å². The molecule has 3 saturated carbocycles. The zero-order valence-corrected chi connectivity index (χ0v) is 17.9. The molecule has 0 aromatic rings. The molecule has 0 aromatic carbocycles. The van der Waals surface area contributed by atoms with Gasteiger partial charge in [0.05, 0.1) is 0 Å². The van der Waals surface area contributed by atoms with Crippen molar-refractivity contribution in [3.05, 3.63) is 0 Å². The first-order valence-electron chi connectivity index (χ1n) is 10.9. The molecule has 3 aliphatic rings. The summed E-state index contributed by atoms with van der Waals surface area (Å²) in [6.45, 7) is 5.44. The van der Waals surface area contributed by atoms with Crippen LogP contribution in [0.15, 0.2) is 0 Å². The maximum Gasteiger partial charge on any atom is 0.248 e. The molecule has 3 rings (SSSR count). The van der Waals surface area contributed by atoms with Crippen molar-refractivity contribution in [2.24, 2.45) is 23.5 Å². The largest absolute Gasteiger partial charge is 0.341 e. The number of nitrogens with two attached hydrogens (primary N) is 1. The number of hydrogen-bond acceptors (Lipinski definition) is 3. The fraction of sp³-hybridized carbons (Fsp3) is 0.905. The lowest BCUT2D eigenvalue weighted by atomic mass is 9.64. The normalized spacial score (nSPS) is 32.1. The molecule has 0 aromatic heterocycles. The number of fused-ring (bicyclic) bond motifs is 2. The van der Waals surface area contributed by atoms with E-state index < -0.39 is 5.54 Å². The van der Waals surface area contributed by atoms with Crippen LogP contribution in [0.3, 0.4) is 0 Å². The number of amides is 2. The van der Waals surface area contributed by atoms with Crippen molar-refractivity contribution in [3.8, 4) is 0 Å². The lowest BCUT2D eigenvalue weighted by molar-refractivity contribution is -0.145. The fourth-order valence-corrected chi connectivity index (χ4v) is 5.70. The molecule has 3 aliphatic carbocycles. The van der Waals surface area contributed by atoms with Gasteiger partial charge < -0.3 is 16.0 Å². The molecule has 2 amide bonds. The number of rotatable bonds is 5. The Balaban J connectivity index is 0.00000261. The third-order valence-electron chi connectivity index (χ3n) is 7.31. The quantitative estimate of drug-likeness (QED) is 0.745. The van der Waals surface area contributed by atoms with E-state index in [2.05, 4.69) is 5.32 Å². The predicted octanol–water partition coefficient (Wildman–Crippen LogP) is 3.25. The monoisotopic (exact) mass is 399 g/mol. The number of carbonyl (C=O) groups is 2. The van der Waals surface area contributed by atoms with Crippen molar-refractivity contribution >= 4 is 24.2 Å². The maximum atomic E-state index is 13.2. The Hall–Kier alpha value is -0.810. The SMILES string of the molecule is CCN(CC)C(=O)C1(NC(=O)C2CC3CCCC(C2)C3N)CCCCC1.Cl. The molecule has 0 radical (unpaired) electrons. The van der Waals surface area contributed by atoms with Gasteiger partial charge >= 0.3 is 0 Å². The Morgan fingerprint density at radius 3 is 2.07 bits per heavy atom. The fourth-order valence-electron chi connectivity index (χ4n) is 5.70. The van der Waals surface area contributed by atoms with Crippen LogP contribution in [-0.2, 0) is 9.59 Å². The highest BCUT2D eigenvalue weighted by Crippen LogP contribution is 2.42. The minimum absolute atomic E-state index is 0. The van der Waals surface area contributed by atoms with E-state index in [1.807, 2.05) is 18.7 Å². The molecular formula is C21H38ClN3O2. The van der Waals surface area contributed by atoms with Crippen molar-refractivity contribution in [3.63, 3.8) is 0 Å². The van der Waals surface area contributed by atoms with E-state index in [1.165, 1.54) is 6.42 Å². The van der Waals surface area contributed by atoms with E-state index in [1.54, 1.807) is 0 Å². The molecule has 0 heterocycles. The van der Waals surface area contributed by atoms with Crippen LogP contribution in [0, 0.1) is 17.8 Å². The van der Waals surface area contributed by atoms with E-state index in [0.717, 1.165) is 57.8 Å². The third kappa shape index (κ3) is 4.61. The van der Waals surface area contributed by atoms with Crippen LogP contribution < -0.4 is 11.1 Å². The summed E-state index contributed by atoms with van der Waals surface area (Å²) in [4.78, 5) is 28.3. The van der Waals surface area contributed by atoms with Crippen molar-refractivity contribution in [1.29, 1.82) is 0 Å². The molecule has 6 heteroatoms. The zero-order valence-electron chi connectivity index (χ0n) is 17.0. The first-order chi connectivity index (χ1) is 12.5. The van der Waals surface area contributed by atoms with Crippen molar-refractivity contribution in [1.82, 2.24) is 10.2 Å². The van der Waals surface area contributed by atoms with Gasteiger partial charge in [-0.3, -0.25) is 9.59 Å². The summed E-state index contributed by atoms with van der Waals surface area (Å²) in [5, 5.41) is 3.28. The summed E-state index contributed by atoms with van der Waals surface area (Å²) in [7, 11) is 0. The molecule has 27 heavy (non-hydrogen) atoms. The molecule has 5 nitrogen and oxygen atoms in total. The molecule has 0 aliphatic heterocycles. The van der Waals surface area contributed by atoms with Gasteiger partial charge in [-0.1, -0.05) is 25.7 Å². The van der Waals surface area contributed by atoms with Gasteiger partial charge in [-0.25, -0.2) is 0 Å². The highest BCUT2D eigenvalue weighted by Gasteiger charge is 2.46. The first-order valence-corrected chi connectivity index (χ1v) is 10.9. The Labute approximate surface area is 170 Å². The third-order valence-corrected chi connectivity index (χ3v) is 7.31. The number of nitrogens with zero attached hydrogens (tertiary/aromatic N) is 1. The summed E-state index contributed by atoms with van der Waals surface area (Å²) in [5.41, 5.74) is 5.72. The average molecular weight is 400 g/mol. The molecule has 2 atom stereocenters. The Morgan fingerprint density at radius 1 is 1.00 bits per heavy atom. The Morgan fingerprint density at radius 2 is 1.56 bits per heavy atom. The maximum absolute atomic E-state index is 13.2. The van der Waals surface area contributed by atoms with Crippen molar-refractivity contribution in [2.75, 3.05) is 13.1 Å². The minimum atomic E-state index is -0.671. The van der Waals surface area contributed by atoms with E-state index in [4.69, 9.17) is 5.73 Å². The molecular weight excluding hydrogens is 362 g/mol. The van der Waals surface area contributed by atoms with Gasteiger partial charge in [-0.05, 0) is 64.2 Å². The Bertz CT molecular complexity index is 504. The molecule has 2 unspecified atom stereocenters. The second-order valence-corrected chi connectivity index (χ2v) is 8.81. The summed E-state index contributed by atoms with van der Waals surface area (Å²) < 4.78 is 0. The van der Waals surface area contributed by atoms with E-state index in [-0.39, 0.29) is 36.2 Å². The van der Waals surface area contributed by atoms with Gasteiger partial charge in [0.2, 0.25) is 11.8 Å². The van der Waals surface area contributed by atoms with E-state index >= 15 is 0 Å². The van der Waals surface area contributed by atoms with Crippen LogP contribution in [0.1, 0.15) is 78.1 Å². The van der Waals surface area contributed by atoms with Gasteiger partial charge in [-0.2, -0.15) is 0 Å². The Kier molecular flexibility index (Phi) is 7.99. The number of halogens is 1. The summed E-state index contributed by atoms with van der Waals surface area (Å²) in [6.07, 6.45) is 10.1. The first kappa shape index (κ1) is 22.5. The number of likely N-dealkylation sites (N-methyl/N-ethyl adjacent to an activating group) is 1. The van der Waals surface area contributed by atoms with Crippen LogP contribution >= 0.6 is 12.4 Å². The number of hydrogen-bond donors (Lipinski definition) is 2.